The van der Waals surface area contributed by atoms with Gasteiger partial charge in [-0.15, -0.1) is 0 Å². The summed E-state index contributed by atoms with van der Waals surface area (Å²) in [4.78, 5) is 53.1. The van der Waals surface area contributed by atoms with E-state index in [0.717, 1.165) is 72.8 Å². The highest BCUT2D eigenvalue weighted by atomic mass is 127. The zero-order chi connectivity index (χ0) is 46.1. The van der Waals surface area contributed by atoms with Crippen LogP contribution in [0.1, 0.15) is 52.6 Å². The summed E-state index contributed by atoms with van der Waals surface area (Å²) in [6, 6.07) is 11.1. The largest absolute Gasteiger partial charge is 0.435 e. The minimum absolute atomic E-state index is 0.113. The standard InChI is InChI=1S/C40H22F14IN3O4/c41-21-11-7-19(8-12-21)29(59)17-56-27-5-1-3-23(31(27)43)35(61)58(34-26(38(46,47)48)16-15-25(33(34)55)37(45,39(49,50)51)40(52,53)54)36(62)24-4-2-6-28(32(24)44)57-18-30(60)20-9-13-22(42)14-10-20/h1-16,56-57H,17-18H2. The Labute approximate surface area is 352 Å². The maximum absolute atomic E-state index is 16.2. The van der Waals surface area contributed by atoms with Crippen LogP contribution in [0.5, 0.6) is 0 Å². The molecule has 0 unspecified atom stereocenters. The highest BCUT2D eigenvalue weighted by Crippen LogP contribution is 2.56. The van der Waals surface area contributed by atoms with Gasteiger partial charge in [-0.05, 0) is 101 Å². The smallest absolute Gasteiger partial charge is 0.375 e. The molecule has 62 heavy (non-hydrogen) atoms. The Morgan fingerprint density at radius 3 is 1.24 bits per heavy atom. The lowest BCUT2D eigenvalue weighted by Gasteiger charge is -2.33. The number of halogens is 15. The molecule has 0 heterocycles. The van der Waals surface area contributed by atoms with Gasteiger partial charge >= 0.3 is 24.2 Å². The first-order valence-corrected chi connectivity index (χ1v) is 18.1. The normalized spacial score (nSPS) is 12.2. The average molecular weight is 1000 g/mol. The number of ketones is 2. The van der Waals surface area contributed by atoms with Gasteiger partial charge in [0.05, 0.1) is 46.8 Å². The summed E-state index contributed by atoms with van der Waals surface area (Å²) in [6.45, 7) is -1.60. The van der Waals surface area contributed by atoms with E-state index in [-0.39, 0.29) is 11.1 Å². The molecule has 22 heteroatoms. The number of anilines is 3. The molecule has 0 saturated carbocycles. The second-order valence-electron chi connectivity index (χ2n) is 12.8. The van der Waals surface area contributed by atoms with Gasteiger partial charge in [0.15, 0.2) is 23.2 Å². The lowest BCUT2D eigenvalue weighted by atomic mass is 9.91. The Kier molecular flexibility index (Phi) is 13.4. The maximum Gasteiger partial charge on any atom is 0.435 e. The molecule has 0 aliphatic heterocycles. The highest BCUT2D eigenvalue weighted by molar-refractivity contribution is 14.1. The number of benzene rings is 5. The van der Waals surface area contributed by atoms with Crippen molar-refractivity contribution < 1.29 is 80.6 Å². The number of alkyl halides is 10. The van der Waals surface area contributed by atoms with Crippen LogP contribution in [0.15, 0.2) is 97.1 Å². The number of hydrogen-bond donors (Lipinski definition) is 2. The molecule has 0 aliphatic rings. The van der Waals surface area contributed by atoms with Crippen LogP contribution in [0.2, 0.25) is 0 Å². The van der Waals surface area contributed by atoms with Gasteiger partial charge in [0, 0.05) is 20.3 Å². The fourth-order valence-electron chi connectivity index (χ4n) is 5.77. The number of amides is 2. The minimum atomic E-state index is -6.95. The van der Waals surface area contributed by atoms with E-state index >= 15 is 13.2 Å². The van der Waals surface area contributed by atoms with Gasteiger partial charge in [-0.2, -0.15) is 39.5 Å². The first kappa shape index (κ1) is 47.0. The predicted molar refractivity (Wildman–Crippen MR) is 201 cm³/mol. The van der Waals surface area contributed by atoms with Gasteiger partial charge in [-0.1, -0.05) is 18.2 Å². The predicted octanol–water partition coefficient (Wildman–Crippen LogP) is 11.2. The topological polar surface area (TPSA) is 95.6 Å². The number of nitrogens with zero attached hydrogens (tertiary/aromatic N) is 1. The van der Waals surface area contributed by atoms with E-state index in [1.807, 2.05) is 0 Å². The molecular formula is C40H22F14IN3O4. The number of carbonyl (C=O) groups excluding carboxylic acids is 4. The molecule has 0 atom stereocenters. The molecule has 5 aromatic rings. The summed E-state index contributed by atoms with van der Waals surface area (Å²) in [5.74, 6) is -11.2. The molecule has 2 N–H and O–H groups in total. The second-order valence-corrected chi connectivity index (χ2v) is 13.9. The Hall–Kier alpha value is -6.07. The van der Waals surface area contributed by atoms with E-state index in [1.165, 1.54) is 0 Å². The quantitative estimate of drug-likeness (QED) is 0.0560. The van der Waals surface area contributed by atoms with Crippen molar-refractivity contribution in [3.05, 3.63) is 157 Å². The van der Waals surface area contributed by atoms with E-state index < -0.39 is 144 Å². The molecule has 5 rings (SSSR count). The van der Waals surface area contributed by atoms with Crippen LogP contribution < -0.4 is 15.5 Å². The summed E-state index contributed by atoms with van der Waals surface area (Å²) in [7, 11) is 0. The highest BCUT2D eigenvalue weighted by Gasteiger charge is 2.74. The summed E-state index contributed by atoms with van der Waals surface area (Å²) in [6.07, 6.45) is -19.8. The Bertz CT molecular complexity index is 2410. The third-order valence-corrected chi connectivity index (χ3v) is 9.97. The zero-order valence-corrected chi connectivity index (χ0v) is 32.6. The summed E-state index contributed by atoms with van der Waals surface area (Å²) >= 11 is 0.399. The van der Waals surface area contributed by atoms with Crippen molar-refractivity contribution in [1.82, 2.24) is 0 Å². The number of imide groups is 1. The zero-order valence-electron chi connectivity index (χ0n) is 30.4. The van der Waals surface area contributed by atoms with Crippen LogP contribution in [0.25, 0.3) is 0 Å². The summed E-state index contributed by atoms with van der Waals surface area (Å²) < 4.78 is 201. The molecule has 0 saturated heterocycles. The molecule has 0 radical (unpaired) electrons. The lowest BCUT2D eigenvalue weighted by molar-refractivity contribution is -0.349. The molecule has 0 bridgehead atoms. The first-order chi connectivity index (χ1) is 28.8. The van der Waals surface area contributed by atoms with Crippen molar-refractivity contribution in [2.45, 2.75) is 24.2 Å². The van der Waals surface area contributed by atoms with Crippen LogP contribution >= 0.6 is 22.6 Å². The van der Waals surface area contributed by atoms with Gasteiger partial charge in [-0.25, -0.2) is 26.9 Å². The second kappa shape index (κ2) is 17.7. The van der Waals surface area contributed by atoms with E-state index in [4.69, 9.17) is 0 Å². The number of rotatable bonds is 12. The third kappa shape index (κ3) is 9.38. The summed E-state index contributed by atoms with van der Waals surface area (Å²) in [5, 5.41) is 4.51. The van der Waals surface area contributed by atoms with Crippen molar-refractivity contribution in [2.24, 2.45) is 0 Å². The van der Waals surface area contributed by atoms with E-state index in [2.05, 4.69) is 10.6 Å². The van der Waals surface area contributed by atoms with Crippen LogP contribution in [-0.4, -0.2) is 48.8 Å². The van der Waals surface area contributed by atoms with Gasteiger partial charge in [0.25, 0.3) is 11.8 Å². The Balaban J connectivity index is 1.70. The van der Waals surface area contributed by atoms with Gasteiger partial charge in [0.2, 0.25) is 0 Å². The monoisotopic (exact) mass is 1000 g/mol. The van der Waals surface area contributed by atoms with Crippen LogP contribution in [-0.2, 0) is 11.8 Å². The molecule has 0 spiro atoms. The fraction of sp³-hybridized carbons (Fsp3) is 0.150. The van der Waals surface area contributed by atoms with Crippen molar-refractivity contribution in [2.75, 3.05) is 28.6 Å². The minimum Gasteiger partial charge on any atom is -0.375 e. The lowest BCUT2D eigenvalue weighted by Crippen LogP contribution is -2.51. The number of carbonyl (C=O) groups is 4. The SMILES string of the molecule is O=C(CNc1cccc(C(=O)N(C(=O)c2cccc(NCC(=O)c3ccc(F)cc3)c2F)c2c(C(F)(F)F)ccc(C(F)(C(F)(F)F)C(F)(F)F)c2I)c1F)c1ccc(F)cc1. The molecule has 5 aromatic carbocycles. The van der Waals surface area contributed by atoms with Crippen molar-refractivity contribution >= 4 is 63.0 Å². The van der Waals surface area contributed by atoms with Gasteiger partial charge < -0.3 is 10.6 Å². The van der Waals surface area contributed by atoms with Gasteiger partial charge in [-0.3, -0.25) is 19.2 Å². The van der Waals surface area contributed by atoms with E-state index in [9.17, 15) is 67.5 Å². The van der Waals surface area contributed by atoms with Gasteiger partial charge in [0.1, 0.15) is 11.6 Å². The van der Waals surface area contributed by atoms with Crippen LogP contribution in [0, 0.1) is 26.8 Å². The summed E-state index contributed by atoms with van der Waals surface area (Å²) in [5.41, 5.74) is -18.3. The van der Waals surface area contributed by atoms with Crippen molar-refractivity contribution in [1.29, 1.82) is 0 Å². The van der Waals surface area contributed by atoms with E-state index in [0.29, 0.717) is 34.7 Å². The maximum atomic E-state index is 16.2. The molecule has 0 fully saturated rings. The van der Waals surface area contributed by atoms with Crippen LogP contribution in [0.4, 0.5) is 78.5 Å². The average Bonchev–Trinajstić information content (AvgIpc) is 3.19. The number of hydrogen-bond acceptors (Lipinski definition) is 6. The van der Waals surface area contributed by atoms with Crippen LogP contribution in [0.3, 0.4) is 0 Å². The molecule has 0 aromatic heterocycles. The fourth-order valence-corrected chi connectivity index (χ4v) is 6.86. The molecule has 0 aliphatic carbocycles. The van der Waals surface area contributed by atoms with Crippen molar-refractivity contribution in [3.8, 4) is 0 Å². The Morgan fingerprint density at radius 1 is 0.516 bits per heavy atom. The molecule has 7 nitrogen and oxygen atoms in total. The molecular weight excluding hydrogens is 979 g/mol. The Morgan fingerprint density at radius 2 is 0.887 bits per heavy atom. The van der Waals surface area contributed by atoms with E-state index in [1.54, 1.807) is 0 Å². The molecule has 326 valence electrons. The first-order valence-electron chi connectivity index (χ1n) is 17.0. The van der Waals surface area contributed by atoms with Crippen molar-refractivity contribution in [3.63, 3.8) is 0 Å². The number of nitrogens with one attached hydrogen (secondary N) is 2. The third-order valence-electron chi connectivity index (χ3n) is 8.87. The number of Topliss-reactive ketones (excluding diaryl/α,β-unsaturated/α-hetero) is 2. The molecule has 2 amide bonds.